The molecule has 8 heteroatoms. The quantitative estimate of drug-likeness (QED) is 0.766. The van der Waals surface area contributed by atoms with Crippen molar-refractivity contribution >= 4 is 21.7 Å². The van der Waals surface area contributed by atoms with Gasteiger partial charge in [-0.25, -0.2) is 17.6 Å². The smallest absolute Gasteiger partial charge is 0.338 e. The van der Waals surface area contributed by atoms with Crippen LogP contribution in [0.3, 0.4) is 0 Å². The number of hydrogen-bond acceptors (Lipinski definition) is 4. The number of aromatic carboxylic acids is 1. The summed E-state index contributed by atoms with van der Waals surface area (Å²) in [6, 6.07) is 1.84. The van der Waals surface area contributed by atoms with Crippen molar-refractivity contribution in [2.24, 2.45) is 0 Å². The van der Waals surface area contributed by atoms with Gasteiger partial charge in [0.15, 0.2) is 9.84 Å². The molecular formula is C13H16FNO5S. The molecule has 0 atom stereocenters. The van der Waals surface area contributed by atoms with E-state index in [1.54, 1.807) is 6.92 Å². The number of carboxylic acid groups (broad SMARTS) is 1. The molecule has 0 unspecified atom stereocenters. The van der Waals surface area contributed by atoms with E-state index in [0.29, 0.717) is 6.54 Å². The van der Waals surface area contributed by atoms with Gasteiger partial charge in [-0.15, -0.1) is 0 Å². The van der Waals surface area contributed by atoms with E-state index in [-0.39, 0.29) is 16.9 Å². The molecule has 1 aromatic carbocycles. The number of nitrogens with one attached hydrogen (secondary N) is 1. The maximum Gasteiger partial charge on any atom is 0.338 e. The molecular weight excluding hydrogens is 301 g/mol. The lowest BCUT2D eigenvalue weighted by molar-refractivity contribution is -0.120. The van der Waals surface area contributed by atoms with Gasteiger partial charge in [-0.2, -0.15) is 0 Å². The number of carbonyl (C=O) groups is 2. The molecule has 21 heavy (non-hydrogen) atoms. The average Bonchev–Trinajstić information content (AvgIpc) is 2.39. The highest BCUT2D eigenvalue weighted by molar-refractivity contribution is 7.91. The van der Waals surface area contributed by atoms with E-state index in [2.05, 4.69) is 5.32 Å². The van der Waals surface area contributed by atoms with Crippen LogP contribution >= 0.6 is 0 Å². The minimum Gasteiger partial charge on any atom is -0.478 e. The minimum absolute atomic E-state index is 0.0773. The zero-order chi connectivity index (χ0) is 16.2. The molecule has 1 amide bonds. The van der Waals surface area contributed by atoms with Crippen molar-refractivity contribution in [2.45, 2.75) is 25.2 Å². The van der Waals surface area contributed by atoms with Gasteiger partial charge in [0.2, 0.25) is 5.91 Å². The van der Waals surface area contributed by atoms with Crippen molar-refractivity contribution < 1.29 is 27.5 Å². The fourth-order valence-electron chi connectivity index (χ4n) is 1.70. The predicted octanol–water partition coefficient (Wildman–Crippen LogP) is 1.13. The molecule has 2 N–H and O–H groups in total. The van der Waals surface area contributed by atoms with E-state index in [9.17, 15) is 22.4 Å². The van der Waals surface area contributed by atoms with Crippen LogP contribution in [0, 0.1) is 12.7 Å². The highest BCUT2D eigenvalue weighted by atomic mass is 32.2. The number of aryl methyl sites for hydroxylation is 1. The maximum absolute atomic E-state index is 13.6. The Bertz CT molecular complexity index is 669. The molecule has 0 heterocycles. The maximum atomic E-state index is 13.6. The Balaban J connectivity index is 3.09. The lowest BCUT2D eigenvalue weighted by Gasteiger charge is -2.08. The summed E-state index contributed by atoms with van der Waals surface area (Å²) >= 11 is 0. The van der Waals surface area contributed by atoms with Crippen molar-refractivity contribution in [1.82, 2.24) is 5.32 Å². The minimum atomic E-state index is -3.86. The van der Waals surface area contributed by atoms with Gasteiger partial charge in [0.25, 0.3) is 0 Å². The molecule has 1 aromatic rings. The first kappa shape index (κ1) is 17.1. The first-order chi connectivity index (χ1) is 9.69. The van der Waals surface area contributed by atoms with Crippen LogP contribution in [0.1, 0.15) is 29.3 Å². The Morgan fingerprint density at radius 3 is 2.48 bits per heavy atom. The Morgan fingerprint density at radius 1 is 1.33 bits per heavy atom. The molecule has 0 bridgehead atoms. The molecule has 0 aliphatic carbocycles. The number of carboxylic acids is 1. The molecule has 0 aliphatic rings. The van der Waals surface area contributed by atoms with Crippen molar-refractivity contribution in [3.8, 4) is 0 Å². The van der Waals surface area contributed by atoms with E-state index in [4.69, 9.17) is 5.11 Å². The Kier molecular flexibility index (Phi) is 5.42. The summed E-state index contributed by atoms with van der Waals surface area (Å²) < 4.78 is 37.8. The average molecular weight is 317 g/mol. The SMILES string of the molecule is CCNC(=O)CCS(=O)(=O)c1cc(C)c(F)c(C(=O)O)c1. The third-order valence-electron chi connectivity index (χ3n) is 2.79. The topological polar surface area (TPSA) is 101 Å². The first-order valence-electron chi connectivity index (χ1n) is 6.22. The molecule has 0 saturated heterocycles. The summed E-state index contributed by atoms with van der Waals surface area (Å²) in [5.74, 6) is -3.40. The largest absolute Gasteiger partial charge is 0.478 e. The van der Waals surface area contributed by atoms with Crippen LogP contribution in [-0.2, 0) is 14.6 Å². The van der Waals surface area contributed by atoms with E-state index in [0.717, 1.165) is 12.1 Å². The standard InChI is InChI=1S/C13H16FNO5S/c1-3-15-11(16)4-5-21(19,20)9-6-8(2)12(14)10(7-9)13(17)18/h6-7H,3-5H2,1-2H3,(H,15,16)(H,17,18). The number of rotatable bonds is 6. The number of hydrogen-bond donors (Lipinski definition) is 2. The van der Waals surface area contributed by atoms with Crippen molar-refractivity contribution in [1.29, 1.82) is 0 Å². The predicted molar refractivity (Wildman–Crippen MR) is 73.4 cm³/mol. The van der Waals surface area contributed by atoms with E-state index in [1.165, 1.54) is 6.92 Å². The second kappa shape index (κ2) is 6.66. The molecule has 0 spiro atoms. The third kappa shape index (κ3) is 4.25. The summed E-state index contributed by atoms with van der Waals surface area (Å²) in [5, 5.41) is 11.3. The monoisotopic (exact) mass is 317 g/mol. The molecule has 0 fully saturated rings. The molecule has 6 nitrogen and oxygen atoms in total. The molecule has 0 aromatic heterocycles. The number of carbonyl (C=O) groups excluding carboxylic acids is 1. The normalized spacial score (nSPS) is 11.2. The van der Waals surface area contributed by atoms with Crippen LogP contribution in [0.4, 0.5) is 4.39 Å². The van der Waals surface area contributed by atoms with Gasteiger partial charge in [-0.05, 0) is 31.5 Å². The highest BCUT2D eigenvalue weighted by Gasteiger charge is 2.22. The van der Waals surface area contributed by atoms with E-state index >= 15 is 0 Å². The first-order valence-corrected chi connectivity index (χ1v) is 7.87. The van der Waals surface area contributed by atoms with Gasteiger partial charge in [-0.3, -0.25) is 4.79 Å². The van der Waals surface area contributed by atoms with Crippen LogP contribution in [0.25, 0.3) is 0 Å². The van der Waals surface area contributed by atoms with E-state index in [1.807, 2.05) is 0 Å². The summed E-state index contributed by atoms with van der Waals surface area (Å²) in [4.78, 5) is 21.9. The zero-order valence-corrected chi connectivity index (χ0v) is 12.5. The number of amides is 1. The lowest BCUT2D eigenvalue weighted by atomic mass is 10.1. The van der Waals surface area contributed by atoms with Gasteiger partial charge >= 0.3 is 5.97 Å². The van der Waals surface area contributed by atoms with Gasteiger partial charge < -0.3 is 10.4 Å². The number of halogens is 1. The number of benzene rings is 1. The summed E-state index contributed by atoms with van der Waals surface area (Å²) in [6.45, 7) is 3.37. The number of sulfone groups is 1. The Morgan fingerprint density at radius 2 is 1.95 bits per heavy atom. The fraction of sp³-hybridized carbons (Fsp3) is 0.385. The highest BCUT2D eigenvalue weighted by Crippen LogP contribution is 2.20. The summed E-state index contributed by atoms with van der Waals surface area (Å²) in [5.41, 5.74) is -0.780. The van der Waals surface area contributed by atoms with Crippen LogP contribution in [0.15, 0.2) is 17.0 Å². The second-order valence-electron chi connectivity index (χ2n) is 4.43. The van der Waals surface area contributed by atoms with Gasteiger partial charge in [-0.1, -0.05) is 0 Å². The third-order valence-corrected chi connectivity index (χ3v) is 4.48. The van der Waals surface area contributed by atoms with Crippen LogP contribution in [0.5, 0.6) is 0 Å². The van der Waals surface area contributed by atoms with Gasteiger partial charge in [0.05, 0.1) is 16.2 Å². The van der Waals surface area contributed by atoms with Crippen molar-refractivity contribution in [3.63, 3.8) is 0 Å². The molecule has 116 valence electrons. The van der Waals surface area contributed by atoms with Crippen molar-refractivity contribution in [2.75, 3.05) is 12.3 Å². The summed E-state index contributed by atoms with van der Waals surface area (Å²) in [7, 11) is -3.86. The van der Waals surface area contributed by atoms with Gasteiger partial charge in [0.1, 0.15) is 5.82 Å². The van der Waals surface area contributed by atoms with Crippen LogP contribution in [-0.4, -0.2) is 37.7 Å². The molecule has 0 aliphatic heterocycles. The fourth-order valence-corrected chi connectivity index (χ4v) is 3.05. The van der Waals surface area contributed by atoms with Crippen LogP contribution in [0.2, 0.25) is 0 Å². The van der Waals surface area contributed by atoms with Crippen LogP contribution < -0.4 is 5.32 Å². The summed E-state index contributed by atoms with van der Waals surface area (Å²) in [6.07, 6.45) is -0.241. The molecule has 0 saturated carbocycles. The lowest BCUT2D eigenvalue weighted by Crippen LogP contribution is -2.25. The van der Waals surface area contributed by atoms with Crippen molar-refractivity contribution in [3.05, 3.63) is 29.1 Å². The van der Waals surface area contributed by atoms with Gasteiger partial charge in [0, 0.05) is 13.0 Å². The Hall–Kier alpha value is -1.96. The Labute approximate surface area is 121 Å². The van der Waals surface area contributed by atoms with E-state index < -0.39 is 38.8 Å². The molecule has 0 radical (unpaired) electrons. The molecule has 1 rings (SSSR count). The second-order valence-corrected chi connectivity index (χ2v) is 6.54. The zero-order valence-electron chi connectivity index (χ0n) is 11.6.